The van der Waals surface area contributed by atoms with Gasteiger partial charge in [-0.2, -0.15) is 0 Å². The van der Waals surface area contributed by atoms with Gasteiger partial charge in [0.25, 0.3) is 0 Å². The highest BCUT2D eigenvalue weighted by Gasteiger charge is 2.41. The van der Waals surface area contributed by atoms with E-state index in [1.165, 1.54) is 6.33 Å². The van der Waals surface area contributed by atoms with Gasteiger partial charge in [0.15, 0.2) is 0 Å². The van der Waals surface area contributed by atoms with E-state index in [2.05, 4.69) is 21.2 Å². The molecule has 0 unspecified atom stereocenters. The number of β-amino-alcohol motifs (C(OH)–C–C–N with tert-alkyl or cyclic N) is 1. The lowest BCUT2D eigenvalue weighted by atomic mass is 9.94. The number of fused-ring (bicyclic) bond motifs is 1. The Morgan fingerprint density at radius 3 is 2.72 bits per heavy atom. The molecule has 2 aromatic carbocycles. The molecule has 36 heavy (non-hydrogen) atoms. The summed E-state index contributed by atoms with van der Waals surface area (Å²) in [5, 5.41) is 44.0. The molecule has 5 rings (SSSR count). The highest BCUT2D eigenvalue weighted by Crippen LogP contribution is 2.31. The number of benzene rings is 2. The van der Waals surface area contributed by atoms with Crippen LogP contribution in [-0.4, -0.2) is 72.8 Å². The van der Waals surface area contributed by atoms with E-state index < -0.39 is 24.4 Å². The molecule has 184 valence electrons. The standard InChI is InChI=1S/C27H26N4O5/c1-2-16-4-3-5-18(10-16)30-27-20-11-17(6-8-21(20)28-15-29-27)24-9-7-19(36-24)12-31-13-23(33)26(35)25(34)22(31)14-32/h1,3-11,15,22-23,25-26,32-35H,12-14H2,(H,28,29,30)/t22-,23+,25-,26-/m1/s1. The molecule has 0 amide bonds. The number of furan rings is 1. The van der Waals surface area contributed by atoms with E-state index in [1.807, 2.05) is 54.6 Å². The molecule has 4 aromatic rings. The first kappa shape index (κ1) is 23.9. The minimum absolute atomic E-state index is 0.0999. The van der Waals surface area contributed by atoms with E-state index >= 15 is 0 Å². The number of piperidine rings is 1. The Kier molecular flexibility index (Phi) is 6.69. The van der Waals surface area contributed by atoms with Crippen LogP contribution in [0.25, 0.3) is 22.2 Å². The van der Waals surface area contributed by atoms with Crippen molar-refractivity contribution in [1.82, 2.24) is 14.9 Å². The van der Waals surface area contributed by atoms with Crippen molar-refractivity contribution in [1.29, 1.82) is 0 Å². The third-order valence-corrected chi connectivity index (χ3v) is 6.45. The molecule has 0 bridgehead atoms. The zero-order valence-corrected chi connectivity index (χ0v) is 19.3. The van der Waals surface area contributed by atoms with Crippen molar-refractivity contribution in [3.63, 3.8) is 0 Å². The third-order valence-electron chi connectivity index (χ3n) is 6.45. The number of anilines is 2. The minimum Gasteiger partial charge on any atom is -0.460 e. The summed E-state index contributed by atoms with van der Waals surface area (Å²) >= 11 is 0. The molecule has 2 aromatic heterocycles. The van der Waals surface area contributed by atoms with Gasteiger partial charge in [0.1, 0.15) is 35.9 Å². The first-order valence-electron chi connectivity index (χ1n) is 11.5. The molecular weight excluding hydrogens is 460 g/mol. The largest absolute Gasteiger partial charge is 0.460 e. The number of hydrogen-bond acceptors (Lipinski definition) is 9. The second-order valence-corrected chi connectivity index (χ2v) is 8.80. The van der Waals surface area contributed by atoms with Gasteiger partial charge >= 0.3 is 0 Å². The van der Waals surface area contributed by atoms with Crippen LogP contribution >= 0.6 is 0 Å². The Morgan fingerprint density at radius 1 is 1.06 bits per heavy atom. The number of hydrogen-bond donors (Lipinski definition) is 5. The number of likely N-dealkylation sites (tertiary alicyclic amines) is 1. The van der Waals surface area contributed by atoms with Crippen molar-refractivity contribution in [2.24, 2.45) is 0 Å². The number of nitrogens with one attached hydrogen (secondary N) is 1. The van der Waals surface area contributed by atoms with Gasteiger partial charge in [-0.1, -0.05) is 12.0 Å². The first-order chi connectivity index (χ1) is 17.5. The zero-order chi connectivity index (χ0) is 25.2. The Morgan fingerprint density at radius 2 is 1.92 bits per heavy atom. The number of aliphatic hydroxyl groups excluding tert-OH is 4. The molecule has 1 saturated heterocycles. The lowest BCUT2D eigenvalue weighted by Crippen LogP contribution is -2.62. The molecule has 9 nitrogen and oxygen atoms in total. The summed E-state index contributed by atoms with van der Waals surface area (Å²) in [5.74, 6) is 4.46. The van der Waals surface area contributed by atoms with Gasteiger partial charge in [-0.05, 0) is 48.5 Å². The predicted octanol–water partition coefficient (Wildman–Crippen LogP) is 1.87. The van der Waals surface area contributed by atoms with E-state index in [1.54, 1.807) is 4.90 Å². The normalized spacial score (nSPS) is 22.4. The van der Waals surface area contributed by atoms with Crippen LogP contribution in [-0.2, 0) is 6.54 Å². The summed E-state index contributed by atoms with van der Waals surface area (Å²) in [6.45, 7) is -0.00694. The second kappa shape index (κ2) is 10.1. The van der Waals surface area contributed by atoms with Crippen LogP contribution in [0, 0.1) is 12.3 Å². The molecule has 5 N–H and O–H groups in total. The molecule has 0 saturated carbocycles. The third kappa shape index (κ3) is 4.68. The molecule has 0 aliphatic carbocycles. The molecule has 9 heteroatoms. The predicted molar refractivity (Wildman–Crippen MR) is 134 cm³/mol. The van der Waals surface area contributed by atoms with Crippen molar-refractivity contribution in [2.75, 3.05) is 18.5 Å². The van der Waals surface area contributed by atoms with E-state index in [0.717, 1.165) is 27.7 Å². The van der Waals surface area contributed by atoms with Gasteiger partial charge in [0.2, 0.25) is 0 Å². The maximum absolute atomic E-state index is 10.2. The first-order valence-corrected chi connectivity index (χ1v) is 11.5. The summed E-state index contributed by atoms with van der Waals surface area (Å²) < 4.78 is 6.07. The quantitative estimate of drug-likeness (QED) is 0.259. The Labute approximate surface area is 207 Å². The van der Waals surface area contributed by atoms with Crippen LogP contribution in [0.3, 0.4) is 0 Å². The van der Waals surface area contributed by atoms with E-state index in [-0.39, 0.29) is 19.7 Å². The summed E-state index contributed by atoms with van der Waals surface area (Å²) in [6.07, 6.45) is 3.33. The Bertz CT molecular complexity index is 1410. The molecule has 0 radical (unpaired) electrons. The number of aliphatic hydroxyl groups is 4. The monoisotopic (exact) mass is 486 g/mol. The van der Waals surface area contributed by atoms with Gasteiger partial charge in [0.05, 0.1) is 30.8 Å². The van der Waals surface area contributed by atoms with Crippen LogP contribution in [0.15, 0.2) is 65.3 Å². The summed E-state index contributed by atoms with van der Waals surface area (Å²) in [6, 6.07) is 16.2. The fourth-order valence-electron chi connectivity index (χ4n) is 4.51. The van der Waals surface area contributed by atoms with Crippen LogP contribution in [0.4, 0.5) is 11.5 Å². The molecule has 0 spiro atoms. The van der Waals surface area contributed by atoms with Crippen LogP contribution in [0.5, 0.6) is 0 Å². The molecule has 1 fully saturated rings. The van der Waals surface area contributed by atoms with Gasteiger partial charge in [-0.15, -0.1) is 6.42 Å². The van der Waals surface area contributed by atoms with Crippen molar-refractivity contribution in [3.8, 4) is 23.7 Å². The van der Waals surface area contributed by atoms with Gasteiger partial charge in [-0.25, -0.2) is 9.97 Å². The van der Waals surface area contributed by atoms with Crippen molar-refractivity contribution < 1.29 is 24.8 Å². The topological polar surface area (TPSA) is 135 Å². The van der Waals surface area contributed by atoms with Gasteiger partial charge in [0, 0.05) is 28.7 Å². The van der Waals surface area contributed by atoms with Crippen molar-refractivity contribution in [3.05, 3.63) is 72.2 Å². The molecule has 4 atom stereocenters. The number of rotatable bonds is 6. The molecule has 1 aliphatic heterocycles. The second-order valence-electron chi connectivity index (χ2n) is 8.80. The number of nitrogens with zero attached hydrogens (tertiary/aromatic N) is 3. The summed E-state index contributed by atoms with van der Waals surface area (Å²) in [7, 11) is 0. The molecule has 3 heterocycles. The summed E-state index contributed by atoms with van der Waals surface area (Å²) in [4.78, 5) is 10.5. The molecular formula is C27H26N4O5. The van der Waals surface area contributed by atoms with Gasteiger partial charge < -0.3 is 30.2 Å². The lowest BCUT2D eigenvalue weighted by Gasteiger charge is -2.42. The molecule has 1 aliphatic rings. The van der Waals surface area contributed by atoms with Crippen LogP contribution in [0.1, 0.15) is 11.3 Å². The van der Waals surface area contributed by atoms with Crippen LogP contribution < -0.4 is 5.32 Å². The lowest BCUT2D eigenvalue weighted by molar-refractivity contribution is -0.148. The maximum atomic E-state index is 10.2. The average Bonchev–Trinajstić information content (AvgIpc) is 3.36. The summed E-state index contributed by atoms with van der Waals surface area (Å²) in [5.41, 5.74) is 3.15. The van der Waals surface area contributed by atoms with Crippen molar-refractivity contribution >= 4 is 22.4 Å². The van der Waals surface area contributed by atoms with E-state index in [9.17, 15) is 20.4 Å². The smallest absolute Gasteiger partial charge is 0.141 e. The SMILES string of the molecule is C#Cc1cccc(Nc2ncnc3ccc(-c4ccc(CN5C[C@H](O)[C@@H](O)[C@H](O)[C@H]5CO)o4)cc23)c1. The van der Waals surface area contributed by atoms with E-state index in [0.29, 0.717) is 17.3 Å². The fraction of sp³-hybridized carbons (Fsp3) is 0.259. The highest BCUT2D eigenvalue weighted by atomic mass is 16.4. The Hall–Kier alpha value is -3.78. The number of aromatic nitrogens is 2. The van der Waals surface area contributed by atoms with Crippen LogP contribution in [0.2, 0.25) is 0 Å². The zero-order valence-electron chi connectivity index (χ0n) is 19.3. The van der Waals surface area contributed by atoms with E-state index in [4.69, 9.17) is 10.8 Å². The fourth-order valence-corrected chi connectivity index (χ4v) is 4.51. The minimum atomic E-state index is -1.30. The highest BCUT2D eigenvalue weighted by molar-refractivity contribution is 5.93. The van der Waals surface area contributed by atoms with Crippen molar-refractivity contribution in [2.45, 2.75) is 30.9 Å². The van der Waals surface area contributed by atoms with Gasteiger partial charge in [-0.3, -0.25) is 4.90 Å². The maximum Gasteiger partial charge on any atom is 0.141 e. The average molecular weight is 487 g/mol. The number of terminal acetylenes is 1. The Balaban J connectivity index is 1.40.